The van der Waals surface area contributed by atoms with E-state index >= 15 is 0 Å². The first-order chi connectivity index (χ1) is 12.5. The number of ether oxygens (including phenoxy) is 2. The van der Waals surface area contributed by atoms with Gasteiger partial charge >= 0.3 is 12.1 Å². The molecule has 0 radical (unpaired) electrons. The SMILES string of the molecule is COC(=O)[C@@H]1[C@@H]2[C@H](CN1C(=O)C([SiH3])(NC(=O)OC(C)(C)C)C(C)(C)C)C2(C)C. The van der Waals surface area contributed by atoms with E-state index in [0.29, 0.717) is 16.8 Å². The number of methoxy groups -OCH3 is 1. The predicted molar refractivity (Wildman–Crippen MR) is 110 cm³/mol. The maximum atomic E-state index is 13.7. The van der Waals surface area contributed by atoms with Gasteiger partial charge in [-0.2, -0.15) is 0 Å². The van der Waals surface area contributed by atoms with Crippen molar-refractivity contribution in [2.75, 3.05) is 13.7 Å². The molecule has 1 aliphatic heterocycles. The third-order valence-corrected chi connectivity index (χ3v) is 8.77. The summed E-state index contributed by atoms with van der Waals surface area (Å²) in [6.07, 6.45) is -0.620. The van der Waals surface area contributed by atoms with E-state index in [-0.39, 0.29) is 29.1 Å². The minimum absolute atomic E-state index is 0.0177. The number of piperidine rings is 1. The van der Waals surface area contributed by atoms with Crippen LogP contribution < -0.4 is 5.32 Å². The van der Waals surface area contributed by atoms with Gasteiger partial charge in [0, 0.05) is 22.7 Å². The summed E-state index contributed by atoms with van der Waals surface area (Å²) in [5.41, 5.74) is -1.19. The first-order valence-corrected chi connectivity index (χ1v) is 10.9. The zero-order chi connectivity index (χ0) is 21.9. The Bertz CT molecular complexity index is 679. The van der Waals surface area contributed by atoms with Crippen LogP contribution in [-0.2, 0) is 19.1 Å². The highest BCUT2D eigenvalue weighted by Crippen LogP contribution is 2.65. The molecule has 4 atom stereocenters. The van der Waals surface area contributed by atoms with Crippen LogP contribution in [-0.4, -0.2) is 63.6 Å². The number of rotatable bonds is 3. The third-order valence-electron chi connectivity index (χ3n) is 6.59. The minimum atomic E-state index is -1.11. The molecule has 1 N–H and O–H groups in total. The fourth-order valence-corrected chi connectivity index (χ4v) is 4.73. The molecule has 160 valence electrons. The number of fused-ring (bicyclic) bond motifs is 1. The average molecular weight is 413 g/mol. The van der Waals surface area contributed by atoms with Crippen LogP contribution in [0.1, 0.15) is 55.4 Å². The molecule has 2 amide bonds. The number of hydrogen-bond acceptors (Lipinski definition) is 5. The van der Waals surface area contributed by atoms with Gasteiger partial charge in [0.1, 0.15) is 16.8 Å². The summed E-state index contributed by atoms with van der Waals surface area (Å²) in [4.78, 5) is 40.4. The highest BCUT2D eigenvalue weighted by atomic mass is 28.1. The molecule has 2 aliphatic rings. The molecule has 2 rings (SSSR count). The molecule has 1 saturated carbocycles. The van der Waals surface area contributed by atoms with Crippen LogP contribution in [0, 0.1) is 22.7 Å². The van der Waals surface area contributed by atoms with Crippen molar-refractivity contribution in [3.8, 4) is 0 Å². The van der Waals surface area contributed by atoms with Crippen LogP contribution in [0.15, 0.2) is 0 Å². The van der Waals surface area contributed by atoms with Crippen LogP contribution in [0.5, 0.6) is 0 Å². The standard InChI is InChI=1S/C20H36N2O5Si/c1-17(2,3)20(28,21-16(25)27-18(4,5)6)15(24)22-10-11-12(19(11,7)8)13(22)14(23)26-9/h11-13H,10H2,1-9,28H3,(H,21,25)/t11-,12-,13-,20?/m0/s1. The van der Waals surface area contributed by atoms with E-state index in [4.69, 9.17) is 9.47 Å². The van der Waals surface area contributed by atoms with Crippen molar-refractivity contribution in [3.05, 3.63) is 0 Å². The summed E-state index contributed by atoms with van der Waals surface area (Å²) in [5, 5.41) is 1.74. The predicted octanol–water partition coefficient (Wildman–Crippen LogP) is 1.27. The lowest BCUT2D eigenvalue weighted by atomic mass is 9.84. The van der Waals surface area contributed by atoms with E-state index in [1.807, 2.05) is 20.8 Å². The number of carbonyl (C=O) groups is 3. The van der Waals surface area contributed by atoms with Gasteiger partial charge in [-0.1, -0.05) is 34.6 Å². The van der Waals surface area contributed by atoms with Crippen LogP contribution in [0.4, 0.5) is 4.79 Å². The number of esters is 1. The fraction of sp³-hybridized carbons (Fsp3) is 0.850. The van der Waals surface area contributed by atoms with Gasteiger partial charge in [0.2, 0.25) is 5.91 Å². The normalized spacial score (nSPS) is 28.2. The third kappa shape index (κ3) is 3.80. The number of hydrogen-bond donors (Lipinski definition) is 1. The highest BCUT2D eigenvalue weighted by molar-refractivity contribution is 6.30. The Morgan fingerprint density at radius 3 is 2.07 bits per heavy atom. The first-order valence-electron chi connectivity index (χ1n) is 9.87. The van der Waals surface area contributed by atoms with Gasteiger partial charge in [0.15, 0.2) is 0 Å². The molecule has 0 aromatic rings. The van der Waals surface area contributed by atoms with Crippen LogP contribution in [0.3, 0.4) is 0 Å². The zero-order valence-electron chi connectivity index (χ0n) is 18.9. The van der Waals surface area contributed by atoms with E-state index in [0.717, 1.165) is 0 Å². The molecule has 2 fully saturated rings. The molecule has 0 spiro atoms. The van der Waals surface area contributed by atoms with Crippen molar-refractivity contribution in [2.45, 2.75) is 72.2 Å². The molecule has 1 heterocycles. The smallest absolute Gasteiger partial charge is 0.408 e. The summed E-state index contributed by atoms with van der Waals surface area (Å²) in [6, 6.07) is -0.603. The number of nitrogens with zero attached hydrogens (tertiary/aromatic N) is 1. The van der Waals surface area contributed by atoms with E-state index in [2.05, 4.69) is 19.2 Å². The molecule has 0 aromatic heterocycles. The van der Waals surface area contributed by atoms with Crippen molar-refractivity contribution in [3.63, 3.8) is 0 Å². The number of likely N-dealkylation sites (tertiary alicyclic amines) is 1. The number of amides is 2. The Kier molecular flexibility index (Phi) is 5.47. The average Bonchev–Trinajstić information content (AvgIpc) is 2.88. The molecular formula is C20H36N2O5Si. The summed E-state index contributed by atoms with van der Waals surface area (Å²) < 4.78 is 10.4. The molecule has 0 bridgehead atoms. The Balaban J connectivity index is 2.33. The van der Waals surface area contributed by atoms with Gasteiger partial charge < -0.3 is 19.7 Å². The Morgan fingerprint density at radius 2 is 1.64 bits per heavy atom. The number of nitrogens with one attached hydrogen (secondary N) is 1. The summed E-state index contributed by atoms with van der Waals surface area (Å²) in [6.45, 7) is 15.9. The van der Waals surface area contributed by atoms with Gasteiger partial charge in [-0.15, -0.1) is 0 Å². The minimum Gasteiger partial charge on any atom is -0.467 e. The van der Waals surface area contributed by atoms with Crippen molar-refractivity contribution in [2.24, 2.45) is 22.7 Å². The van der Waals surface area contributed by atoms with Gasteiger partial charge in [0.05, 0.1) is 7.11 Å². The van der Waals surface area contributed by atoms with Crippen molar-refractivity contribution in [1.29, 1.82) is 0 Å². The second-order valence-corrected chi connectivity index (χ2v) is 12.4. The van der Waals surface area contributed by atoms with E-state index in [1.165, 1.54) is 7.11 Å². The summed E-state index contributed by atoms with van der Waals surface area (Å²) >= 11 is 0. The lowest BCUT2D eigenvalue weighted by molar-refractivity contribution is -0.155. The van der Waals surface area contributed by atoms with Crippen molar-refractivity contribution in [1.82, 2.24) is 10.2 Å². The largest absolute Gasteiger partial charge is 0.467 e. The zero-order valence-corrected chi connectivity index (χ0v) is 20.9. The molecule has 8 heteroatoms. The topological polar surface area (TPSA) is 84.9 Å². The van der Waals surface area contributed by atoms with Crippen molar-refractivity contribution < 1.29 is 23.9 Å². The monoisotopic (exact) mass is 412 g/mol. The summed E-state index contributed by atoms with van der Waals surface area (Å²) in [7, 11) is 1.72. The maximum absolute atomic E-state index is 13.7. The van der Waals surface area contributed by atoms with Crippen molar-refractivity contribution >= 4 is 28.2 Å². The summed E-state index contributed by atoms with van der Waals surface area (Å²) in [5.74, 6) is -0.248. The highest BCUT2D eigenvalue weighted by Gasteiger charge is 2.71. The van der Waals surface area contributed by atoms with Crippen LogP contribution in [0.2, 0.25) is 0 Å². The van der Waals surface area contributed by atoms with Gasteiger partial charge in [0.25, 0.3) is 0 Å². The Hall–Kier alpha value is -1.57. The molecule has 7 nitrogen and oxygen atoms in total. The fourth-order valence-electron chi connectivity index (χ4n) is 4.24. The number of alkyl carbamates (subject to hydrolysis) is 1. The van der Waals surface area contributed by atoms with Gasteiger partial charge in [-0.3, -0.25) is 4.79 Å². The van der Waals surface area contributed by atoms with Crippen LogP contribution in [0.25, 0.3) is 0 Å². The molecule has 28 heavy (non-hydrogen) atoms. The van der Waals surface area contributed by atoms with Gasteiger partial charge in [-0.25, -0.2) is 9.59 Å². The van der Waals surface area contributed by atoms with E-state index < -0.39 is 28.3 Å². The number of carbonyl (C=O) groups excluding carboxylic acids is 3. The van der Waals surface area contributed by atoms with Crippen LogP contribution >= 0.6 is 0 Å². The Morgan fingerprint density at radius 1 is 1.11 bits per heavy atom. The van der Waals surface area contributed by atoms with Gasteiger partial charge in [-0.05, 0) is 37.5 Å². The Labute approximate surface area is 171 Å². The molecule has 1 aliphatic carbocycles. The first kappa shape index (κ1) is 22.7. The lowest BCUT2D eigenvalue weighted by Gasteiger charge is -2.45. The second kappa shape index (κ2) is 6.74. The second-order valence-electron chi connectivity index (χ2n) is 10.9. The quantitative estimate of drug-likeness (QED) is 0.557. The van der Waals surface area contributed by atoms with E-state index in [1.54, 1.807) is 25.7 Å². The van der Waals surface area contributed by atoms with E-state index in [9.17, 15) is 14.4 Å². The molecular weight excluding hydrogens is 376 g/mol. The molecule has 1 saturated heterocycles. The lowest BCUT2D eigenvalue weighted by Crippen LogP contribution is -2.68. The molecule has 0 aromatic carbocycles. The molecule has 1 unspecified atom stereocenters. The maximum Gasteiger partial charge on any atom is 0.408 e.